The number of carboxylic acids is 1. The first kappa shape index (κ1) is 11.5. The number of thiazole rings is 1. The van der Waals surface area contributed by atoms with Gasteiger partial charge in [-0.25, -0.2) is 4.98 Å². The quantitative estimate of drug-likeness (QED) is 0.846. The Bertz CT molecular complexity index is 372. The van der Waals surface area contributed by atoms with Crippen molar-refractivity contribution < 1.29 is 9.90 Å². The highest BCUT2D eigenvalue weighted by Gasteiger charge is 2.27. The van der Waals surface area contributed by atoms with E-state index in [1.54, 1.807) is 5.51 Å². The molecular weight excluding hydrogens is 224 g/mol. The lowest BCUT2D eigenvalue weighted by Gasteiger charge is -2.18. The molecule has 0 spiro atoms. The van der Waals surface area contributed by atoms with Crippen molar-refractivity contribution in [3.63, 3.8) is 0 Å². The maximum Gasteiger partial charge on any atom is 0.326 e. The number of hydrogen-bond acceptors (Lipinski definition) is 4. The van der Waals surface area contributed by atoms with Crippen molar-refractivity contribution in [3.05, 3.63) is 16.1 Å². The maximum absolute atomic E-state index is 11.3. The van der Waals surface area contributed by atoms with Gasteiger partial charge in [0.25, 0.3) is 0 Å². The molecule has 1 heterocycles. The van der Waals surface area contributed by atoms with Crippen molar-refractivity contribution in [3.8, 4) is 0 Å². The Morgan fingerprint density at radius 1 is 1.62 bits per heavy atom. The summed E-state index contributed by atoms with van der Waals surface area (Å²) < 4.78 is 0. The van der Waals surface area contributed by atoms with Crippen LogP contribution in [0.1, 0.15) is 42.3 Å². The first-order valence-electron chi connectivity index (χ1n) is 5.57. The number of carbonyl (C=O) groups is 1. The van der Waals surface area contributed by atoms with Crippen molar-refractivity contribution in [2.45, 2.75) is 44.7 Å². The van der Waals surface area contributed by atoms with Gasteiger partial charge in [-0.1, -0.05) is 12.8 Å². The molecule has 2 rings (SSSR count). The lowest BCUT2D eigenvalue weighted by atomic mass is 10.1. The summed E-state index contributed by atoms with van der Waals surface area (Å²) in [5.74, 6) is -0.806. The van der Waals surface area contributed by atoms with Crippen LogP contribution in [0.3, 0.4) is 0 Å². The number of nitrogens with zero attached hydrogens (tertiary/aromatic N) is 1. The van der Waals surface area contributed by atoms with E-state index >= 15 is 0 Å². The van der Waals surface area contributed by atoms with Crippen LogP contribution in [0.5, 0.6) is 0 Å². The number of carboxylic acid groups (broad SMARTS) is 1. The monoisotopic (exact) mass is 240 g/mol. The number of aromatic nitrogens is 1. The predicted molar refractivity (Wildman–Crippen MR) is 62.6 cm³/mol. The average Bonchev–Trinajstić information content (AvgIpc) is 2.85. The van der Waals surface area contributed by atoms with Crippen molar-refractivity contribution in [1.29, 1.82) is 0 Å². The third-order valence-corrected chi connectivity index (χ3v) is 4.05. The number of aryl methyl sites for hydroxylation is 1. The summed E-state index contributed by atoms with van der Waals surface area (Å²) >= 11 is 1.41. The van der Waals surface area contributed by atoms with Gasteiger partial charge >= 0.3 is 5.97 Å². The minimum Gasteiger partial charge on any atom is -0.480 e. The summed E-state index contributed by atoms with van der Waals surface area (Å²) in [6.45, 7) is 1.86. The second-order valence-corrected chi connectivity index (χ2v) is 5.11. The smallest absolute Gasteiger partial charge is 0.326 e. The van der Waals surface area contributed by atoms with E-state index in [-0.39, 0.29) is 0 Å². The highest BCUT2D eigenvalue weighted by Crippen LogP contribution is 2.26. The van der Waals surface area contributed by atoms with Gasteiger partial charge in [0.2, 0.25) is 0 Å². The molecule has 1 fully saturated rings. The molecule has 5 heteroatoms. The molecule has 0 amide bonds. The third kappa shape index (κ3) is 2.41. The molecule has 1 aliphatic carbocycles. The molecule has 2 N–H and O–H groups in total. The third-order valence-electron chi connectivity index (χ3n) is 3.05. The molecule has 1 aromatic heterocycles. The SMILES string of the molecule is Cc1ncsc1C(NC1CCCC1)C(=O)O. The number of aliphatic carboxylic acids is 1. The molecule has 0 radical (unpaired) electrons. The Kier molecular flexibility index (Phi) is 3.56. The van der Waals surface area contributed by atoms with Crippen molar-refractivity contribution >= 4 is 17.3 Å². The molecule has 1 atom stereocenters. The zero-order chi connectivity index (χ0) is 11.5. The standard InChI is InChI=1S/C11H16N2O2S/c1-7-10(16-6-12-7)9(11(14)15)13-8-4-2-3-5-8/h6,8-9,13H,2-5H2,1H3,(H,14,15). The Morgan fingerprint density at radius 3 is 2.81 bits per heavy atom. The summed E-state index contributed by atoms with van der Waals surface area (Å²) in [6, 6.07) is -0.238. The van der Waals surface area contributed by atoms with Crippen LogP contribution in [-0.4, -0.2) is 22.1 Å². The molecule has 1 aromatic rings. The topological polar surface area (TPSA) is 62.2 Å². The molecule has 16 heavy (non-hydrogen) atoms. The van der Waals surface area contributed by atoms with E-state index in [1.165, 1.54) is 24.2 Å². The van der Waals surface area contributed by atoms with E-state index in [0.717, 1.165) is 23.4 Å². The fourth-order valence-corrected chi connectivity index (χ4v) is 3.03. The van der Waals surface area contributed by atoms with E-state index in [9.17, 15) is 9.90 Å². The Hall–Kier alpha value is -0.940. The average molecular weight is 240 g/mol. The fourth-order valence-electron chi connectivity index (χ4n) is 2.18. The van der Waals surface area contributed by atoms with Crippen molar-refractivity contribution in [1.82, 2.24) is 10.3 Å². The van der Waals surface area contributed by atoms with E-state index in [4.69, 9.17) is 0 Å². The van der Waals surface area contributed by atoms with Crippen LogP contribution < -0.4 is 5.32 Å². The van der Waals surface area contributed by atoms with Crippen LogP contribution in [-0.2, 0) is 4.79 Å². The van der Waals surface area contributed by atoms with E-state index in [2.05, 4.69) is 10.3 Å². The van der Waals surface area contributed by atoms with E-state index in [0.29, 0.717) is 6.04 Å². The van der Waals surface area contributed by atoms with Crippen LogP contribution in [0.25, 0.3) is 0 Å². The number of hydrogen-bond donors (Lipinski definition) is 2. The minimum absolute atomic E-state index is 0.350. The van der Waals surface area contributed by atoms with Gasteiger partial charge in [-0.2, -0.15) is 0 Å². The zero-order valence-electron chi connectivity index (χ0n) is 9.27. The van der Waals surface area contributed by atoms with Crippen molar-refractivity contribution in [2.75, 3.05) is 0 Å². The minimum atomic E-state index is -0.806. The Morgan fingerprint density at radius 2 is 2.31 bits per heavy atom. The first-order valence-corrected chi connectivity index (χ1v) is 6.45. The highest BCUT2D eigenvalue weighted by molar-refractivity contribution is 7.10. The highest BCUT2D eigenvalue weighted by atomic mass is 32.1. The number of nitrogens with one attached hydrogen (secondary N) is 1. The van der Waals surface area contributed by atoms with Crippen molar-refractivity contribution in [2.24, 2.45) is 0 Å². The summed E-state index contributed by atoms with van der Waals surface area (Å²) in [7, 11) is 0. The molecule has 0 aromatic carbocycles. The Labute approximate surface area is 98.7 Å². The van der Waals surface area contributed by atoms with Crippen LogP contribution >= 0.6 is 11.3 Å². The van der Waals surface area contributed by atoms with Crippen LogP contribution in [0.2, 0.25) is 0 Å². The van der Waals surface area contributed by atoms with Gasteiger partial charge in [0, 0.05) is 6.04 Å². The van der Waals surface area contributed by atoms with E-state index in [1.807, 2.05) is 6.92 Å². The molecule has 88 valence electrons. The van der Waals surface area contributed by atoms with Crippen LogP contribution in [0.15, 0.2) is 5.51 Å². The zero-order valence-corrected chi connectivity index (χ0v) is 10.1. The summed E-state index contributed by atoms with van der Waals surface area (Å²) in [4.78, 5) is 16.2. The molecule has 1 saturated carbocycles. The lowest BCUT2D eigenvalue weighted by molar-refractivity contribution is -0.139. The largest absolute Gasteiger partial charge is 0.480 e. The molecular formula is C11H16N2O2S. The van der Waals surface area contributed by atoms with Gasteiger partial charge < -0.3 is 5.11 Å². The molecule has 4 nitrogen and oxygen atoms in total. The van der Waals surface area contributed by atoms with E-state index < -0.39 is 12.0 Å². The van der Waals surface area contributed by atoms with Crippen LogP contribution in [0.4, 0.5) is 0 Å². The normalized spacial score (nSPS) is 18.8. The van der Waals surface area contributed by atoms with Gasteiger partial charge in [0.1, 0.15) is 6.04 Å². The van der Waals surface area contributed by atoms with Gasteiger partial charge in [-0.3, -0.25) is 10.1 Å². The first-order chi connectivity index (χ1) is 7.68. The fraction of sp³-hybridized carbons (Fsp3) is 0.636. The predicted octanol–water partition coefficient (Wildman–Crippen LogP) is 2.11. The summed E-state index contributed by atoms with van der Waals surface area (Å²) in [5.41, 5.74) is 2.53. The number of rotatable bonds is 4. The summed E-state index contributed by atoms with van der Waals surface area (Å²) in [5, 5.41) is 12.5. The summed E-state index contributed by atoms with van der Waals surface area (Å²) in [6.07, 6.45) is 4.57. The molecule has 0 saturated heterocycles. The molecule has 0 bridgehead atoms. The second kappa shape index (κ2) is 4.93. The van der Waals surface area contributed by atoms with Gasteiger partial charge in [-0.05, 0) is 19.8 Å². The maximum atomic E-state index is 11.3. The molecule has 1 unspecified atom stereocenters. The van der Waals surface area contributed by atoms with Gasteiger partial charge in [-0.15, -0.1) is 11.3 Å². The second-order valence-electron chi connectivity index (χ2n) is 4.22. The molecule has 1 aliphatic rings. The van der Waals surface area contributed by atoms with Gasteiger partial charge in [0.15, 0.2) is 0 Å². The molecule has 0 aliphatic heterocycles. The van der Waals surface area contributed by atoms with Crippen LogP contribution in [0, 0.1) is 6.92 Å². The Balaban J connectivity index is 2.11. The lowest BCUT2D eigenvalue weighted by Crippen LogP contribution is -2.35. The van der Waals surface area contributed by atoms with Gasteiger partial charge in [0.05, 0.1) is 16.1 Å².